The summed E-state index contributed by atoms with van der Waals surface area (Å²) in [7, 11) is 2.09. The van der Waals surface area contributed by atoms with Gasteiger partial charge in [0.15, 0.2) is 0 Å². The summed E-state index contributed by atoms with van der Waals surface area (Å²) in [5.74, 6) is 0.339. The molecular formula is C33H37F3N2O4. The molecule has 4 aliphatic rings. The molecule has 2 aromatic rings. The number of rotatable bonds is 6. The molecule has 1 saturated carbocycles. The number of nitrogens with zero attached hydrogens (tertiary/aromatic N) is 2. The molecule has 6 rings (SSSR count). The molecule has 0 aromatic heterocycles. The number of carbonyl (C=O) groups excluding carboxylic acids is 2. The van der Waals surface area contributed by atoms with E-state index in [1.165, 1.54) is 30.7 Å². The van der Waals surface area contributed by atoms with Crippen molar-refractivity contribution in [3.8, 4) is 5.75 Å². The van der Waals surface area contributed by atoms with E-state index in [1.807, 2.05) is 30.9 Å². The highest BCUT2D eigenvalue weighted by atomic mass is 19.4. The molecule has 0 N–H and O–H groups in total. The van der Waals surface area contributed by atoms with Crippen LogP contribution >= 0.6 is 0 Å². The molecule has 1 amide bonds. The van der Waals surface area contributed by atoms with Gasteiger partial charge in [-0.3, -0.25) is 14.5 Å². The number of likely N-dealkylation sites (tertiary alicyclic amines) is 1. The van der Waals surface area contributed by atoms with E-state index < -0.39 is 28.9 Å². The molecule has 9 heteroatoms. The number of hydrogen-bond acceptors (Lipinski definition) is 5. The third-order valence-electron chi connectivity index (χ3n) is 9.76. The Labute approximate surface area is 244 Å². The Morgan fingerprint density at radius 1 is 1.19 bits per heavy atom. The number of piperidine rings is 1. The maximum Gasteiger partial charge on any atom is 0.416 e. The SMILES string of the molecule is CC(=O)O[C@@]12CCC(N(CC(C)C)C(=O)/C=C/c3cccc(C(F)(F)F)c3)C3Oc4cccc5c4[C@@]31CCN(C)[C@@H]2C5. The Morgan fingerprint density at radius 2 is 1.95 bits per heavy atom. The van der Waals surface area contributed by atoms with Crippen LogP contribution in [0.15, 0.2) is 48.5 Å². The molecule has 2 unspecified atom stereocenters. The standard InChI is InChI=1S/C33H37F3N2O4/c1-20(2)19-38(28(40)12-11-22-7-5-9-24(17-22)33(34,35)36)25-13-14-32(42-21(3)39)27-18-23-8-6-10-26-29(23)31(32,30(25)41-26)15-16-37(27)4/h5-12,17,20,25,27,30H,13-16,18-19H2,1-4H3/b12-11+/t25?,27-,30?,31+,32-/m1/s1. The van der Waals surface area contributed by atoms with Crippen molar-refractivity contribution in [1.82, 2.24) is 9.80 Å². The van der Waals surface area contributed by atoms with Gasteiger partial charge in [0.2, 0.25) is 5.91 Å². The van der Waals surface area contributed by atoms with E-state index in [9.17, 15) is 22.8 Å². The Bertz CT molecular complexity index is 1440. The van der Waals surface area contributed by atoms with Crippen molar-refractivity contribution in [2.45, 2.75) is 81.8 Å². The third kappa shape index (κ3) is 4.34. The second-order valence-electron chi connectivity index (χ2n) is 12.7. The van der Waals surface area contributed by atoms with Gasteiger partial charge in [0.25, 0.3) is 0 Å². The van der Waals surface area contributed by atoms with Crippen LogP contribution in [0.5, 0.6) is 5.75 Å². The summed E-state index contributed by atoms with van der Waals surface area (Å²) in [6.45, 7) is 6.80. The van der Waals surface area contributed by atoms with Crippen molar-refractivity contribution in [3.63, 3.8) is 0 Å². The molecule has 2 aromatic carbocycles. The number of benzene rings is 2. The fourth-order valence-electron chi connectivity index (χ4n) is 8.31. The zero-order chi connectivity index (χ0) is 30.0. The predicted octanol–water partition coefficient (Wildman–Crippen LogP) is 5.63. The van der Waals surface area contributed by atoms with E-state index in [4.69, 9.17) is 9.47 Å². The van der Waals surface area contributed by atoms with Gasteiger partial charge >= 0.3 is 12.1 Å². The van der Waals surface area contributed by atoms with Crippen LogP contribution in [-0.2, 0) is 32.3 Å². The molecule has 2 aliphatic heterocycles. The summed E-state index contributed by atoms with van der Waals surface area (Å²) in [5, 5.41) is 0. The molecule has 2 bridgehead atoms. The zero-order valence-corrected chi connectivity index (χ0v) is 24.4. The van der Waals surface area contributed by atoms with Crippen molar-refractivity contribution in [2.75, 3.05) is 20.1 Å². The molecule has 224 valence electrons. The summed E-state index contributed by atoms with van der Waals surface area (Å²) >= 11 is 0. The van der Waals surface area contributed by atoms with Crippen LogP contribution in [0, 0.1) is 5.92 Å². The highest BCUT2D eigenvalue weighted by Crippen LogP contribution is 2.65. The molecule has 2 aliphatic carbocycles. The van der Waals surface area contributed by atoms with E-state index in [1.54, 1.807) is 6.07 Å². The van der Waals surface area contributed by atoms with Crippen LogP contribution in [0.1, 0.15) is 62.3 Å². The number of halogens is 3. The lowest BCUT2D eigenvalue weighted by Gasteiger charge is -2.65. The van der Waals surface area contributed by atoms with Crippen LogP contribution in [0.2, 0.25) is 0 Å². The molecule has 1 spiro atoms. The van der Waals surface area contributed by atoms with Gasteiger partial charge in [-0.15, -0.1) is 0 Å². The second kappa shape index (κ2) is 10.1. The van der Waals surface area contributed by atoms with Crippen LogP contribution in [0.3, 0.4) is 0 Å². The van der Waals surface area contributed by atoms with Gasteiger partial charge in [0.1, 0.15) is 17.5 Å². The first-order chi connectivity index (χ1) is 19.9. The van der Waals surface area contributed by atoms with Crippen LogP contribution in [0.25, 0.3) is 6.08 Å². The second-order valence-corrected chi connectivity index (χ2v) is 12.7. The first-order valence-electron chi connectivity index (χ1n) is 14.7. The van der Waals surface area contributed by atoms with Crippen molar-refractivity contribution in [2.24, 2.45) is 5.92 Å². The number of hydrogen-bond donors (Lipinski definition) is 0. The average molecular weight is 583 g/mol. The highest BCUT2D eigenvalue weighted by Gasteiger charge is 2.75. The van der Waals surface area contributed by atoms with E-state index in [0.29, 0.717) is 24.9 Å². The minimum absolute atomic E-state index is 0.0156. The van der Waals surface area contributed by atoms with Gasteiger partial charge in [-0.2, -0.15) is 13.2 Å². The summed E-state index contributed by atoms with van der Waals surface area (Å²) < 4.78 is 53.0. The van der Waals surface area contributed by atoms with Crippen LogP contribution in [0.4, 0.5) is 13.2 Å². The normalized spacial score (nSPS) is 29.8. The molecule has 6 nitrogen and oxygen atoms in total. The van der Waals surface area contributed by atoms with Gasteiger partial charge in [-0.1, -0.05) is 38.1 Å². The van der Waals surface area contributed by atoms with Gasteiger partial charge in [0.05, 0.1) is 23.1 Å². The Balaban J connectivity index is 1.40. The zero-order valence-electron chi connectivity index (χ0n) is 24.4. The van der Waals surface area contributed by atoms with Crippen molar-refractivity contribution >= 4 is 18.0 Å². The molecule has 2 fully saturated rings. The van der Waals surface area contributed by atoms with E-state index >= 15 is 0 Å². The molecular weight excluding hydrogens is 545 g/mol. The van der Waals surface area contributed by atoms with Crippen molar-refractivity contribution < 1.29 is 32.2 Å². The lowest BCUT2D eigenvalue weighted by molar-refractivity contribution is -0.221. The number of ether oxygens (including phenoxy) is 2. The summed E-state index contributed by atoms with van der Waals surface area (Å²) in [5.41, 5.74) is 0.462. The number of amides is 1. The maximum atomic E-state index is 13.9. The molecule has 2 heterocycles. The van der Waals surface area contributed by atoms with E-state index in [-0.39, 0.29) is 29.9 Å². The van der Waals surface area contributed by atoms with Gasteiger partial charge < -0.3 is 14.4 Å². The monoisotopic (exact) mass is 582 g/mol. The fourth-order valence-corrected chi connectivity index (χ4v) is 8.31. The van der Waals surface area contributed by atoms with Gasteiger partial charge in [-0.25, -0.2) is 0 Å². The highest BCUT2D eigenvalue weighted by molar-refractivity contribution is 5.92. The molecule has 42 heavy (non-hydrogen) atoms. The summed E-state index contributed by atoms with van der Waals surface area (Å²) in [6, 6.07) is 10.7. The van der Waals surface area contributed by atoms with Crippen LogP contribution in [-0.4, -0.2) is 65.6 Å². The maximum absolute atomic E-state index is 13.9. The molecule has 5 atom stereocenters. The number of alkyl halides is 3. The third-order valence-corrected chi connectivity index (χ3v) is 9.76. The lowest BCUT2D eigenvalue weighted by atomic mass is 9.48. The van der Waals surface area contributed by atoms with Gasteiger partial charge in [0, 0.05) is 25.1 Å². The van der Waals surface area contributed by atoms with Crippen LogP contribution < -0.4 is 4.74 Å². The smallest absolute Gasteiger partial charge is 0.416 e. The minimum atomic E-state index is -4.47. The molecule has 1 saturated heterocycles. The van der Waals surface area contributed by atoms with E-state index in [2.05, 4.69) is 18.0 Å². The quantitative estimate of drug-likeness (QED) is 0.327. The Morgan fingerprint density at radius 3 is 2.67 bits per heavy atom. The summed E-state index contributed by atoms with van der Waals surface area (Å²) in [4.78, 5) is 30.7. The average Bonchev–Trinajstić information content (AvgIpc) is 3.27. The topological polar surface area (TPSA) is 59.1 Å². The lowest BCUT2D eigenvalue weighted by Crippen LogP contribution is -2.79. The molecule has 0 radical (unpaired) electrons. The first-order valence-corrected chi connectivity index (χ1v) is 14.7. The van der Waals surface area contributed by atoms with Crippen molar-refractivity contribution in [3.05, 3.63) is 70.8 Å². The first kappa shape index (κ1) is 28.8. The minimum Gasteiger partial charge on any atom is -0.487 e. The largest absolute Gasteiger partial charge is 0.487 e. The Hall–Kier alpha value is -3.33. The number of likely N-dealkylation sites (N-methyl/N-ethyl adjacent to an activating group) is 1. The van der Waals surface area contributed by atoms with E-state index in [0.717, 1.165) is 42.8 Å². The summed E-state index contributed by atoms with van der Waals surface area (Å²) in [6.07, 6.45) is 0.559. The number of esters is 1. The Kier molecular flexibility index (Phi) is 6.95. The number of carbonyl (C=O) groups is 2. The predicted molar refractivity (Wildman–Crippen MR) is 152 cm³/mol. The fraction of sp³-hybridized carbons (Fsp3) is 0.515. The van der Waals surface area contributed by atoms with Gasteiger partial charge in [-0.05, 0) is 80.6 Å². The van der Waals surface area contributed by atoms with Crippen molar-refractivity contribution in [1.29, 1.82) is 0 Å².